The van der Waals surface area contributed by atoms with Crippen molar-refractivity contribution in [3.8, 4) is 5.75 Å². The molecule has 4 heteroatoms. The number of ether oxygens (including phenoxy) is 1. The normalized spacial score (nSPS) is 10.3. The molecule has 0 aromatic heterocycles. The zero-order valence-electron chi connectivity index (χ0n) is 13.6. The fraction of sp³-hybridized carbons (Fsp3) is 0.0952. The zero-order chi connectivity index (χ0) is 17.5. The van der Waals surface area contributed by atoms with Crippen molar-refractivity contribution in [2.24, 2.45) is 0 Å². The minimum atomic E-state index is -0.184. The zero-order valence-corrected chi connectivity index (χ0v) is 14.4. The van der Waals surface area contributed by atoms with E-state index in [0.29, 0.717) is 23.7 Å². The van der Waals surface area contributed by atoms with Crippen LogP contribution < -0.4 is 10.1 Å². The molecule has 25 heavy (non-hydrogen) atoms. The SMILES string of the molecule is O=C(NCc1cccc(COc2ccccc2)c1)c1ccccc1Cl. The Bertz CT molecular complexity index is 849. The van der Waals surface area contributed by atoms with Crippen molar-refractivity contribution in [2.75, 3.05) is 0 Å². The van der Waals surface area contributed by atoms with Gasteiger partial charge in [0, 0.05) is 6.54 Å². The van der Waals surface area contributed by atoms with Gasteiger partial charge < -0.3 is 10.1 Å². The molecule has 0 saturated carbocycles. The van der Waals surface area contributed by atoms with Crippen LogP contribution in [0.2, 0.25) is 5.02 Å². The lowest BCUT2D eigenvalue weighted by Crippen LogP contribution is -2.23. The average molecular weight is 352 g/mol. The summed E-state index contributed by atoms with van der Waals surface area (Å²) < 4.78 is 5.75. The molecule has 0 spiro atoms. The van der Waals surface area contributed by atoms with E-state index in [4.69, 9.17) is 16.3 Å². The van der Waals surface area contributed by atoms with Gasteiger partial charge in [0.1, 0.15) is 12.4 Å². The first kappa shape index (κ1) is 17.1. The predicted molar refractivity (Wildman–Crippen MR) is 99.8 cm³/mol. The van der Waals surface area contributed by atoms with Gasteiger partial charge in [0.05, 0.1) is 10.6 Å². The number of nitrogens with one attached hydrogen (secondary N) is 1. The summed E-state index contributed by atoms with van der Waals surface area (Å²) in [6.07, 6.45) is 0. The van der Waals surface area contributed by atoms with Crippen molar-refractivity contribution >= 4 is 17.5 Å². The maximum atomic E-state index is 12.2. The van der Waals surface area contributed by atoms with Crippen LogP contribution in [-0.4, -0.2) is 5.91 Å². The van der Waals surface area contributed by atoms with Gasteiger partial charge >= 0.3 is 0 Å². The number of carbonyl (C=O) groups excluding carboxylic acids is 1. The fourth-order valence-electron chi connectivity index (χ4n) is 2.44. The van der Waals surface area contributed by atoms with Crippen molar-refractivity contribution in [3.63, 3.8) is 0 Å². The molecule has 1 N–H and O–H groups in total. The van der Waals surface area contributed by atoms with Gasteiger partial charge in [-0.3, -0.25) is 4.79 Å². The number of amides is 1. The second kappa shape index (κ2) is 8.36. The Balaban J connectivity index is 1.58. The van der Waals surface area contributed by atoms with Crippen LogP contribution in [0.5, 0.6) is 5.75 Å². The summed E-state index contributed by atoms with van der Waals surface area (Å²) in [5.74, 6) is 0.650. The summed E-state index contributed by atoms with van der Waals surface area (Å²) in [6.45, 7) is 0.916. The second-order valence-corrected chi connectivity index (χ2v) is 5.99. The van der Waals surface area contributed by atoms with E-state index in [-0.39, 0.29) is 5.91 Å². The molecule has 3 nitrogen and oxygen atoms in total. The Kier molecular flexibility index (Phi) is 5.70. The third-order valence-electron chi connectivity index (χ3n) is 3.71. The average Bonchev–Trinajstić information content (AvgIpc) is 2.66. The standard InChI is InChI=1S/C21H18ClNO2/c22-20-12-5-4-11-19(20)21(24)23-14-16-7-6-8-17(13-16)15-25-18-9-2-1-3-10-18/h1-13H,14-15H2,(H,23,24). The van der Waals surface area contributed by atoms with Gasteiger partial charge in [0.2, 0.25) is 0 Å². The highest BCUT2D eigenvalue weighted by atomic mass is 35.5. The molecule has 0 saturated heterocycles. The maximum absolute atomic E-state index is 12.2. The molecule has 1 amide bonds. The van der Waals surface area contributed by atoms with Gasteiger partial charge in [-0.25, -0.2) is 0 Å². The monoisotopic (exact) mass is 351 g/mol. The lowest BCUT2D eigenvalue weighted by Gasteiger charge is -2.09. The number of benzene rings is 3. The molecule has 3 aromatic carbocycles. The summed E-state index contributed by atoms with van der Waals surface area (Å²) in [4.78, 5) is 12.2. The number of carbonyl (C=O) groups is 1. The number of halogens is 1. The van der Waals surface area contributed by atoms with Crippen LogP contribution in [0.25, 0.3) is 0 Å². The molecular formula is C21H18ClNO2. The molecule has 3 rings (SSSR count). The van der Waals surface area contributed by atoms with E-state index in [0.717, 1.165) is 16.9 Å². The molecule has 0 unspecified atom stereocenters. The highest BCUT2D eigenvalue weighted by molar-refractivity contribution is 6.33. The van der Waals surface area contributed by atoms with Crippen molar-refractivity contribution in [2.45, 2.75) is 13.2 Å². The predicted octanol–water partition coefficient (Wildman–Crippen LogP) is 4.85. The highest BCUT2D eigenvalue weighted by Gasteiger charge is 2.09. The second-order valence-electron chi connectivity index (χ2n) is 5.58. The smallest absolute Gasteiger partial charge is 0.253 e. The Morgan fingerprint density at radius 3 is 2.40 bits per heavy atom. The fourth-order valence-corrected chi connectivity index (χ4v) is 2.66. The number of para-hydroxylation sites is 1. The third kappa shape index (κ3) is 4.85. The van der Waals surface area contributed by atoms with Crippen LogP contribution in [0.4, 0.5) is 0 Å². The van der Waals surface area contributed by atoms with Gasteiger partial charge in [-0.2, -0.15) is 0 Å². The molecule has 0 aliphatic heterocycles. The van der Waals surface area contributed by atoms with E-state index in [1.54, 1.807) is 24.3 Å². The Hall–Kier alpha value is -2.78. The van der Waals surface area contributed by atoms with Crippen LogP contribution in [0.1, 0.15) is 21.5 Å². The van der Waals surface area contributed by atoms with Crippen LogP contribution >= 0.6 is 11.6 Å². The number of rotatable bonds is 6. The van der Waals surface area contributed by atoms with E-state index in [9.17, 15) is 4.79 Å². The van der Waals surface area contributed by atoms with Crippen LogP contribution in [0.3, 0.4) is 0 Å². The Morgan fingerprint density at radius 2 is 1.60 bits per heavy atom. The molecule has 0 fully saturated rings. The molecule has 0 bridgehead atoms. The molecule has 0 atom stereocenters. The minimum absolute atomic E-state index is 0.184. The topological polar surface area (TPSA) is 38.3 Å². The van der Waals surface area contributed by atoms with E-state index in [1.807, 2.05) is 54.6 Å². The molecular weight excluding hydrogens is 334 g/mol. The van der Waals surface area contributed by atoms with E-state index in [2.05, 4.69) is 5.32 Å². The van der Waals surface area contributed by atoms with Gasteiger partial charge in [0.15, 0.2) is 0 Å². The highest BCUT2D eigenvalue weighted by Crippen LogP contribution is 2.15. The van der Waals surface area contributed by atoms with Crippen molar-refractivity contribution in [1.29, 1.82) is 0 Å². The largest absolute Gasteiger partial charge is 0.489 e. The van der Waals surface area contributed by atoms with E-state index < -0.39 is 0 Å². The summed E-state index contributed by atoms with van der Waals surface area (Å²) in [6, 6.07) is 24.7. The van der Waals surface area contributed by atoms with Crippen LogP contribution in [-0.2, 0) is 13.2 Å². The van der Waals surface area contributed by atoms with Crippen LogP contribution in [0.15, 0.2) is 78.9 Å². The minimum Gasteiger partial charge on any atom is -0.489 e. The van der Waals surface area contributed by atoms with Crippen molar-refractivity contribution < 1.29 is 9.53 Å². The van der Waals surface area contributed by atoms with Crippen LogP contribution in [0, 0.1) is 0 Å². The first-order valence-corrected chi connectivity index (χ1v) is 8.38. The van der Waals surface area contributed by atoms with Gasteiger partial charge in [-0.1, -0.05) is 66.2 Å². The molecule has 126 valence electrons. The number of hydrogen-bond acceptors (Lipinski definition) is 2. The molecule has 3 aromatic rings. The quantitative estimate of drug-likeness (QED) is 0.689. The summed E-state index contributed by atoms with van der Waals surface area (Å²) in [5.41, 5.74) is 2.54. The molecule has 0 aliphatic rings. The molecule has 0 heterocycles. The molecule has 0 radical (unpaired) electrons. The molecule has 0 aliphatic carbocycles. The van der Waals surface area contributed by atoms with Gasteiger partial charge in [0.25, 0.3) is 5.91 Å². The first-order valence-electron chi connectivity index (χ1n) is 8.01. The lowest BCUT2D eigenvalue weighted by molar-refractivity contribution is 0.0951. The van der Waals surface area contributed by atoms with E-state index >= 15 is 0 Å². The number of hydrogen-bond donors (Lipinski definition) is 1. The summed E-state index contributed by atoms with van der Waals surface area (Å²) >= 11 is 6.05. The third-order valence-corrected chi connectivity index (χ3v) is 4.04. The van der Waals surface area contributed by atoms with E-state index in [1.165, 1.54) is 0 Å². The summed E-state index contributed by atoms with van der Waals surface area (Å²) in [7, 11) is 0. The van der Waals surface area contributed by atoms with Crippen molar-refractivity contribution in [3.05, 3.63) is 101 Å². The van der Waals surface area contributed by atoms with Gasteiger partial charge in [-0.05, 0) is 35.4 Å². The van der Waals surface area contributed by atoms with Crippen molar-refractivity contribution in [1.82, 2.24) is 5.32 Å². The van der Waals surface area contributed by atoms with Gasteiger partial charge in [-0.15, -0.1) is 0 Å². The maximum Gasteiger partial charge on any atom is 0.253 e. The first-order chi connectivity index (χ1) is 12.2. The Morgan fingerprint density at radius 1 is 0.880 bits per heavy atom. The summed E-state index contributed by atoms with van der Waals surface area (Å²) in [5, 5.41) is 3.34. The lowest BCUT2D eigenvalue weighted by atomic mass is 10.1. The Labute approximate surface area is 152 Å².